The van der Waals surface area contributed by atoms with Gasteiger partial charge in [-0.25, -0.2) is 4.98 Å². The molecule has 0 unspecified atom stereocenters. The van der Waals surface area contributed by atoms with Gasteiger partial charge in [0.05, 0.1) is 17.9 Å². The zero-order chi connectivity index (χ0) is 23.0. The standard InChI is InChI=1S/C27H28N2O2S2/c1-3-31-23-11-7-12-24-26(23)28-27(33-24)29(19-21-9-5-4-6-10-21)25(30)13-8-18-32-22-16-14-20(2)15-17-22/h4-7,9-12,14-17H,3,8,13,18-19H2,1-2H3. The van der Waals surface area contributed by atoms with Crippen molar-refractivity contribution in [2.45, 2.75) is 38.1 Å². The number of carbonyl (C=O) groups excluding carboxylic acids is 1. The zero-order valence-electron chi connectivity index (χ0n) is 19.0. The summed E-state index contributed by atoms with van der Waals surface area (Å²) < 4.78 is 6.78. The summed E-state index contributed by atoms with van der Waals surface area (Å²) in [5.41, 5.74) is 3.17. The van der Waals surface area contributed by atoms with Gasteiger partial charge in [0.1, 0.15) is 11.3 Å². The number of amides is 1. The first kappa shape index (κ1) is 23.3. The minimum Gasteiger partial charge on any atom is -0.492 e. The van der Waals surface area contributed by atoms with Crippen molar-refractivity contribution in [1.29, 1.82) is 0 Å². The van der Waals surface area contributed by atoms with Crippen LogP contribution in [0.2, 0.25) is 0 Å². The summed E-state index contributed by atoms with van der Waals surface area (Å²) in [5, 5.41) is 0.720. The third-order valence-corrected chi connectivity index (χ3v) is 7.35. The fraction of sp³-hybridized carbons (Fsp3) is 0.259. The molecule has 0 aliphatic rings. The molecule has 0 aliphatic carbocycles. The van der Waals surface area contributed by atoms with Gasteiger partial charge in [0.2, 0.25) is 5.91 Å². The highest BCUT2D eigenvalue weighted by Crippen LogP contribution is 2.35. The normalized spacial score (nSPS) is 11.0. The van der Waals surface area contributed by atoms with Crippen molar-refractivity contribution in [1.82, 2.24) is 4.98 Å². The van der Waals surface area contributed by atoms with Crippen LogP contribution in [0.3, 0.4) is 0 Å². The Bertz CT molecular complexity index is 1190. The van der Waals surface area contributed by atoms with Crippen molar-refractivity contribution in [2.75, 3.05) is 17.3 Å². The number of para-hydroxylation sites is 1. The quantitative estimate of drug-likeness (QED) is 0.181. The Morgan fingerprint density at radius 2 is 1.82 bits per heavy atom. The van der Waals surface area contributed by atoms with Crippen LogP contribution in [0.25, 0.3) is 10.2 Å². The van der Waals surface area contributed by atoms with Gasteiger partial charge < -0.3 is 4.74 Å². The molecule has 1 heterocycles. The summed E-state index contributed by atoms with van der Waals surface area (Å²) in [6.07, 6.45) is 1.30. The number of benzene rings is 3. The monoisotopic (exact) mass is 476 g/mol. The predicted molar refractivity (Wildman–Crippen MR) is 140 cm³/mol. The molecule has 0 fully saturated rings. The van der Waals surface area contributed by atoms with Gasteiger partial charge in [-0.05, 0) is 55.9 Å². The Kier molecular flexibility index (Phi) is 8.02. The minimum absolute atomic E-state index is 0.0976. The summed E-state index contributed by atoms with van der Waals surface area (Å²) in [6.45, 7) is 5.14. The Hall–Kier alpha value is -2.83. The lowest BCUT2D eigenvalue weighted by atomic mass is 10.2. The van der Waals surface area contributed by atoms with E-state index in [-0.39, 0.29) is 5.91 Å². The third-order valence-electron chi connectivity index (χ3n) is 5.21. The molecule has 0 atom stereocenters. The molecule has 0 bridgehead atoms. The zero-order valence-corrected chi connectivity index (χ0v) is 20.6. The van der Waals surface area contributed by atoms with E-state index in [1.807, 2.05) is 60.4 Å². The average Bonchev–Trinajstić information content (AvgIpc) is 3.27. The Morgan fingerprint density at radius 1 is 1.03 bits per heavy atom. The van der Waals surface area contributed by atoms with E-state index in [1.165, 1.54) is 21.8 Å². The molecule has 1 aromatic heterocycles. The van der Waals surface area contributed by atoms with Gasteiger partial charge in [0.15, 0.2) is 5.13 Å². The van der Waals surface area contributed by atoms with Gasteiger partial charge in [0, 0.05) is 11.3 Å². The molecule has 4 rings (SSSR count). The molecule has 0 radical (unpaired) electrons. The summed E-state index contributed by atoms with van der Waals surface area (Å²) in [7, 11) is 0. The lowest BCUT2D eigenvalue weighted by Gasteiger charge is -2.20. The number of hydrogen-bond donors (Lipinski definition) is 0. The van der Waals surface area contributed by atoms with E-state index < -0.39 is 0 Å². The first-order chi connectivity index (χ1) is 16.1. The summed E-state index contributed by atoms with van der Waals surface area (Å²) in [4.78, 5) is 21.2. The molecule has 1 amide bonds. The number of nitrogens with zero attached hydrogens (tertiary/aromatic N) is 2. The molecule has 4 aromatic rings. The summed E-state index contributed by atoms with van der Waals surface area (Å²) in [5.74, 6) is 1.77. The van der Waals surface area contributed by atoms with Crippen LogP contribution < -0.4 is 9.64 Å². The van der Waals surface area contributed by atoms with E-state index in [0.29, 0.717) is 19.6 Å². The van der Waals surface area contributed by atoms with Gasteiger partial charge in [0.25, 0.3) is 0 Å². The van der Waals surface area contributed by atoms with Crippen molar-refractivity contribution < 1.29 is 9.53 Å². The minimum atomic E-state index is 0.0976. The number of thiazole rings is 1. The number of hydrogen-bond acceptors (Lipinski definition) is 5. The van der Waals surface area contributed by atoms with Gasteiger partial charge in [-0.15, -0.1) is 11.8 Å². The fourth-order valence-corrected chi connectivity index (χ4v) is 5.36. The number of anilines is 1. The second-order valence-electron chi connectivity index (χ2n) is 7.76. The van der Waals surface area contributed by atoms with Crippen LogP contribution in [0.1, 0.15) is 30.9 Å². The second kappa shape index (κ2) is 11.3. The largest absolute Gasteiger partial charge is 0.492 e. The maximum absolute atomic E-state index is 13.3. The molecule has 170 valence electrons. The Labute approximate surface area is 203 Å². The van der Waals surface area contributed by atoms with E-state index >= 15 is 0 Å². The summed E-state index contributed by atoms with van der Waals surface area (Å²) in [6, 6.07) is 24.6. The molecule has 0 saturated heterocycles. The lowest BCUT2D eigenvalue weighted by molar-refractivity contribution is -0.118. The van der Waals surface area contributed by atoms with Gasteiger partial charge >= 0.3 is 0 Å². The number of rotatable bonds is 10. The van der Waals surface area contributed by atoms with Crippen molar-refractivity contribution in [3.05, 3.63) is 83.9 Å². The third kappa shape index (κ3) is 6.15. The van der Waals surface area contributed by atoms with E-state index in [0.717, 1.165) is 38.8 Å². The summed E-state index contributed by atoms with van der Waals surface area (Å²) >= 11 is 3.33. The molecular formula is C27H28N2O2S2. The maximum atomic E-state index is 13.3. The maximum Gasteiger partial charge on any atom is 0.229 e. The van der Waals surface area contributed by atoms with Crippen LogP contribution in [-0.4, -0.2) is 23.3 Å². The highest BCUT2D eigenvalue weighted by molar-refractivity contribution is 7.99. The topological polar surface area (TPSA) is 42.4 Å². The molecule has 3 aromatic carbocycles. The molecule has 33 heavy (non-hydrogen) atoms. The fourth-order valence-electron chi connectivity index (χ4n) is 3.51. The molecule has 0 aliphatic heterocycles. The van der Waals surface area contributed by atoms with Crippen LogP contribution in [0.15, 0.2) is 77.7 Å². The first-order valence-corrected chi connectivity index (χ1v) is 13.0. The van der Waals surface area contributed by atoms with E-state index in [9.17, 15) is 4.79 Å². The van der Waals surface area contributed by atoms with Crippen LogP contribution in [0.5, 0.6) is 5.75 Å². The van der Waals surface area contributed by atoms with Crippen molar-refractivity contribution in [3.63, 3.8) is 0 Å². The highest BCUT2D eigenvalue weighted by Gasteiger charge is 2.21. The van der Waals surface area contributed by atoms with Crippen molar-refractivity contribution in [3.8, 4) is 5.75 Å². The van der Waals surface area contributed by atoms with Crippen LogP contribution >= 0.6 is 23.1 Å². The molecular weight excluding hydrogens is 448 g/mol. The first-order valence-electron chi connectivity index (χ1n) is 11.2. The van der Waals surface area contributed by atoms with Gasteiger partial charge in [-0.1, -0.05) is 65.4 Å². The Balaban J connectivity index is 1.49. The number of thioether (sulfide) groups is 1. The molecule has 0 spiro atoms. The molecule has 0 saturated carbocycles. The van der Waals surface area contributed by atoms with Gasteiger partial charge in [-0.3, -0.25) is 9.69 Å². The van der Waals surface area contributed by atoms with Crippen LogP contribution in [0, 0.1) is 6.92 Å². The second-order valence-corrected chi connectivity index (χ2v) is 9.94. The van der Waals surface area contributed by atoms with E-state index in [1.54, 1.807) is 11.8 Å². The molecule has 6 heteroatoms. The average molecular weight is 477 g/mol. The lowest BCUT2D eigenvalue weighted by Crippen LogP contribution is -2.30. The number of aryl methyl sites for hydroxylation is 1. The number of ether oxygens (including phenoxy) is 1. The molecule has 4 nitrogen and oxygen atoms in total. The molecule has 0 N–H and O–H groups in total. The van der Waals surface area contributed by atoms with Gasteiger partial charge in [-0.2, -0.15) is 0 Å². The smallest absolute Gasteiger partial charge is 0.229 e. The van der Waals surface area contributed by atoms with E-state index in [4.69, 9.17) is 9.72 Å². The number of aromatic nitrogens is 1. The highest BCUT2D eigenvalue weighted by atomic mass is 32.2. The van der Waals surface area contributed by atoms with Crippen molar-refractivity contribution in [2.24, 2.45) is 0 Å². The SMILES string of the molecule is CCOc1cccc2sc(N(Cc3ccccc3)C(=O)CCCSc3ccc(C)cc3)nc12. The van der Waals surface area contributed by atoms with E-state index in [2.05, 4.69) is 31.2 Å². The number of fused-ring (bicyclic) bond motifs is 1. The predicted octanol–water partition coefficient (Wildman–Crippen LogP) is 7.11. The van der Waals surface area contributed by atoms with Crippen LogP contribution in [0.4, 0.5) is 5.13 Å². The number of carbonyl (C=O) groups is 1. The van der Waals surface area contributed by atoms with Crippen LogP contribution in [-0.2, 0) is 11.3 Å². The Morgan fingerprint density at radius 3 is 2.58 bits per heavy atom. The van der Waals surface area contributed by atoms with Crippen molar-refractivity contribution >= 4 is 44.4 Å².